The van der Waals surface area contributed by atoms with Gasteiger partial charge in [-0.2, -0.15) is 0 Å². The van der Waals surface area contributed by atoms with Crippen molar-refractivity contribution in [3.05, 3.63) is 83.3 Å². The fraction of sp³-hybridized carbons (Fsp3) is 0.136. The number of halogens is 1. The first-order valence-corrected chi connectivity index (χ1v) is 8.61. The van der Waals surface area contributed by atoms with E-state index in [2.05, 4.69) is 31.3 Å². The summed E-state index contributed by atoms with van der Waals surface area (Å²) in [5.74, 6) is 0.570. The molecule has 0 radical (unpaired) electrons. The molecular weight excluding hydrogens is 325 g/mol. The van der Waals surface area contributed by atoms with Crippen molar-refractivity contribution in [2.45, 2.75) is 20.8 Å². The molecular formula is C22H20FN3. The van der Waals surface area contributed by atoms with Gasteiger partial charge in [0.15, 0.2) is 0 Å². The number of hydrogen-bond acceptors (Lipinski definition) is 2. The van der Waals surface area contributed by atoms with Gasteiger partial charge < -0.3 is 5.32 Å². The van der Waals surface area contributed by atoms with Crippen LogP contribution in [0, 0.1) is 26.6 Å². The summed E-state index contributed by atoms with van der Waals surface area (Å²) in [5, 5.41) is 3.56. The van der Waals surface area contributed by atoms with Gasteiger partial charge in [-0.15, -0.1) is 0 Å². The summed E-state index contributed by atoms with van der Waals surface area (Å²) in [6.07, 6.45) is 2.04. The van der Waals surface area contributed by atoms with E-state index in [1.807, 2.05) is 41.8 Å². The molecule has 0 saturated carbocycles. The van der Waals surface area contributed by atoms with E-state index in [-0.39, 0.29) is 5.82 Å². The Kier molecular flexibility index (Phi) is 3.96. The van der Waals surface area contributed by atoms with Crippen LogP contribution in [0.5, 0.6) is 0 Å². The van der Waals surface area contributed by atoms with Crippen LogP contribution < -0.4 is 5.32 Å². The SMILES string of the molecule is Cc1ccc2nc(-c3cccc(F)c3)c(Nc3c(C)cccc3C)n2c1. The summed E-state index contributed by atoms with van der Waals surface area (Å²) in [6, 6.07) is 16.8. The van der Waals surface area contributed by atoms with Crippen molar-refractivity contribution in [2.24, 2.45) is 0 Å². The molecule has 0 spiro atoms. The molecule has 0 aliphatic heterocycles. The lowest BCUT2D eigenvalue weighted by molar-refractivity contribution is 0.628. The van der Waals surface area contributed by atoms with Crippen molar-refractivity contribution in [1.29, 1.82) is 0 Å². The Morgan fingerprint density at radius 3 is 2.38 bits per heavy atom. The zero-order valence-electron chi connectivity index (χ0n) is 15.0. The van der Waals surface area contributed by atoms with Gasteiger partial charge in [0.2, 0.25) is 0 Å². The average molecular weight is 345 g/mol. The van der Waals surface area contributed by atoms with Gasteiger partial charge >= 0.3 is 0 Å². The third-order valence-electron chi connectivity index (χ3n) is 4.59. The van der Waals surface area contributed by atoms with E-state index >= 15 is 0 Å². The Balaban J connectivity index is 1.96. The van der Waals surface area contributed by atoms with E-state index in [0.29, 0.717) is 0 Å². The van der Waals surface area contributed by atoms with E-state index in [0.717, 1.165) is 45.1 Å². The number of benzene rings is 2. The van der Waals surface area contributed by atoms with Crippen molar-refractivity contribution in [3.63, 3.8) is 0 Å². The smallest absolute Gasteiger partial charge is 0.143 e. The number of para-hydroxylation sites is 1. The van der Waals surface area contributed by atoms with Crippen LogP contribution in [-0.2, 0) is 0 Å². The van der Waals surface area contributed by atoms with Crippen molar-refractivity contribution < 1.29 is 4.39 Å². The maximum atomic E-state index is 13.8. The minimum Gasteiger partial charge on any atom is -0.339 e. The van der Waals surface area contributed by atoms with Gasteiger partial charge in [0, 0.05) is 17.4 Å². The number of nitrogens with zero attached hydrogens (tertiary/aromatic N) is 2. The predicted octanol–water partition coefficient (Wildman–Crippen LogP) is 5.81. The quantitative estimate of drug-likeness (QED) is 0.508. The van der Waals surface area contributed by atoms with Gasteiger partial charge in [-0.1, -0.05) is 36.4 Å². The molecule has 2 heterocycles. The molecule has 0 aliphatic carbocycles. The first-order valence-electron chi connectivity index (χ1n) is 8.61. The molecule has 26 heavy (non-hydrogen) atoms. The number of fused-ring (bicyclic) bond motifs is 1. The maximum Gasteiger partial charge on any atom is 0.143 e. The number of anilines is 2. The third-order valence-corrected chi connectivity index (χ3v) is 4.59. The maximum absolute atomic E-state index is 13.8. The number of pyridine rings is 1. The molecule has 0 amide bonds. The molecule has 3 nitrogen and oxygen atoms in total. The first kappa shape index (κ1) is 16.3. The van der Waals surface area contributed by atoms with Crippen LogP contribution >= 0.6 is 0 Å². The molecule has 0 aliphatic rings. The highest BCUT2D eigenvalue weighted by Crippen LogP contribution is 2.33. The van der Waals surface area contributed by atoms with Gasteiger partial charge in [-0.3, -0.25) is 4.40 Å². The summed E-state index contributed by atoms with van der Waals surface area (Å²) < 4.78 is 15.8. The van der Waals surface area contributed by atoms with E-state index in [1.165, 1.54) is 12.1 Å². The summed E-state index contributed by atoms with van der Waals surface area (Å²) >= 11 is 0. The molecule has 0 bridgehead atoms. The molecule has 0 atom stereocenters. The summed E-state index contributed by atoms with van der Waals surface area (Å²) in [4.78, 5) is 4.75. The van der Waals surface area contributed by atoms with Gasteiger partial charge in [-0.25, -0.2) is 9.37 Å². The fourth-order valence-electron chi connectivity index (χ4n) is 3.24. The van der Waals surface area contributed by atoms with Crippen LogP contribution in [0.3, 0.4) is 0 Å². The zero-order valence-corrected chi connectivity index (χ0v) is 15.0. The third kappa shape index (κ3) is 2.84. The number of imidazole rings is 1. The molecule has 2 aromatic carbocycles. The van der Waals surface area contributed by atoms with E-state index in [9.17, 15) is 4.39 Å². The second-order valence-electron chi connectivity index (χ2n) is 6.65. The largest absolute Gasteiger partial charge is 0.339 e. The van der Waals surface area contributed by atoms with Crippen molar-refractivity contribution >= 4 is 17.2 Å². The van der Waals surface area contributed by atoms with Crippen molar-refractivity contribution in [3.8, 4) is 11.3 Å². The average Bonchev–Trinajstić information content (AvgIpc) is 2.96. The second kappa shape index (κ2) is 6.30. The number of aryl methyl sites for hydroxylation is 3. The number of hydrogen-bond donors (Lipinski definition) is 1. The van der Waals surface area contributed by atoms with Crippen LogP contribution in [0.2, 0.25) is 0 Å². The molecule has 4 rings (SSSR count). The monoisotopic (exact) mass is 345 g/mol. The second-order valence-corrected chi connectivity index (χ2v) is 6.65. The van der Waals surface area contributed by atoms with Crippen LogP contribution in [-0.4, -0.2) is 9.38 Å². The highest BCUT2D eigenvalue weighted by Gasteiger charge is 2.16. The normalized spacial score (nSPS) is 11.1. The van der Waals surface area contributed by atoms with E-state index in [1.54, 1.807) is 6.07 Å². The molecule has 0 unspecified atom stereocenters. The first-order chi connectivity index (χ1) is 12.5. The standard InChI is InChI=1S/C22H20FN3/c1-14-10-11-19-24-21(17-8-5-9-18(23)12-17)22(26(19)13-14)25-20-15(2)6-4-7-16(20)3/h4-13,25H,1-3H3. The number of aromatic nitrogens is 2. The van der Waals surface area contributed by atoms with Gasteiger partial charge in [0.05, 0.1) is 0 Å². The predicted molar refractivity (Wildman–Crippen MR) is 105 cm³/mol. The number of nitrogens with one attached hydrogen (secondary N) is 1. The zero-order chi connectivity index (χ0) is 18.3. The lowest BCUT2D eigenvalue weighted by atomic mass is 10.1. The van der Waals surface area contributed by atoms with Gasteiger partial charge in [0.1, 0.15) is 23.0 Å². The van der Waals surface area contributed by atoms with Crippen molar-refractivity contribution in [1.82, 2.24) is 9.38 Å². The van der Waals surface area contributed by atoms with Crippen LogP contribution in [0.4, 0.5) is 15.9 Å². The minimum atomic E-state index is -0.270. The van der Waals surface area contributed by atoms with Crippen LogP contribution in [0.15, 0.2) is 60.8 Å². The summed E-state index contributed by atoms with van der Waals surface area (Å²) in [7, 11) is 0. The van der Waals surface area contributed by atoms with Crippen LogP contribution in [0.1, 0.15) is 16.7 Å². The van der Waals surface area contributed by atoms with E-state index in [4.69, 9.17) is 4.98 Å². The molecule has 4 heteroatoms. The molecule has 0 fully saturated rings. The van der Waals surface area contributed by atoms with E-state index < -0.39 is 0 Å². The molecule has 4 aromatic rings. The number of rotatable bonds is 3. The Morgan fingerprint density at radius 1 is 0.923 bits per heavy atom. The van der Waals surface area contributed by atoms with Gasteiger partial charge in [0.25, 0.3) is 0 Å². The van der Waals surface area contributed by atoms with Crippen molar-refractivity contribution in [2.75, 3.05) is 5.32 Å². The molecule has 2 aromatic heterocycles. The lowest BCUT2D eigenvalue weighted by Crippen LogP contribution is -2.01. The Hall–Kier alpha value is -3.14. The molecule has 1 N–H and O–H groups in total. The van der Waals surface area contributed by atoms with Crippen LogP contribution in [0.25, 0.3) is 16.9 Å². The highest BCUT2D eigenvalue weighted by molar-refractivity contribution is 5.81. The molecule has 130 valence electrons. The summed E-state index contributed by atoms with van der Waals surface area (Å²) in [6.45, 7) is 6.20. The Bertz CT molecular complexity index is 1090. The minimum absolute atomic E-state index is 0.270. The van der Waals surface area contributed by atoms with Gasteiger partial charge in [-0.05, 0) is 55.7 Å². The summed E-state index contributed by atoms with van der Waals surface area (Å²) in [5.41, 5.74) is 6.79. The Morgan fingerprint density at radius 2 is 1.65 bits per heavy atom. The Labute approximate surface area is 152 Å². The topological polar surface area (TPSA) is 29.3 Å². The fourth-order valence-corrected chi connectivity index (χ4v) is 3.24. The lowest BCUT2D eigenvalue weighted by Gasteiger charge is -2.14. The molecule has 0 saturated heterocycles. The highest BCUT2D eigenvalue weighted by atomic mass is 19.1.